The molecule has 2 fully saturated rings. The van der Waals surface area contributed by atoms with Crippen LogP contribution in [0, 0.1) is 5.41 Å². The van der Waals surface area contributed by atoms with Gasteiger partial charge >= 0.3 is 0 Å². The van der Waals surface area contributed by atoms with Crippen LogP contribution in [-0.4, -0.2) is 67.3 Å². The summed E-state index contributed by atoms with van der Waals surface area (Å²) in [5.74, 6) is 1.04. The van der Waals surface area contributed by atoms with Crippen molar-refractivity contribution in [3.63, 3.8) is 0 Å². The minimum absolute atomic E-state index is 0.314. The van der Waals surface area contributed by atoms with Crippen molar-refractivity contribution in [2.75, 3.05) is 40.3 Å². The molecule has 19 heavy (non-hydrogen) atoms. The van der Waals surface area contributed by atoms with Crippen molar-refractivity contribution in [3.05, 3.63) is 12.2 Å². The van der Waals surface area contributed by atoms with Gasteiger partial charge in [-0.05, 0) is 18.9 Å². The van der Waals surface area contributed by atoms with Crippen molar-refractivity contribution in [1.29, 1.82) is 0 Å². The second kappa shape index (κ2) is 5.63. The van der Waals surface area contributed by atoms with Crippen LogP contribution in [0.15, 0.2) is 17.3 Å². The van der Waals surface area contributed by atoms with Gasteiger partial charge in [0.2, 0.25) is 6.41 Å². The summed E-state index contributed by atoms with van der Waals surface area (Å²) < 4.78 is 0. The van der Waals surface area contributed by atoms with E-state index in [1.807, 2.05) is 24.0 Å². The Kier molecular flexibility index (Phi) is 4.12. The van der Waals surface area contributed by atoms with Gasteiger partial charge < -0.3 is 14.8 Å². The van der Waals surface area contributed by atoms with Crippen molar-refractivity contribution in [3.8, 4) is 0 Å². The highest BCUT2D eigenvalue weighted by Crippen LogP contribution is 2.38. The first-order valence-corrected chi connectivity index (χ1v) is 6.95. The lowest BCUT2D eigenvalue weighted by Crippen LogP contribution is -2.56. The molecule has 2 rings (SSSR count). The van der Waals surface area contributed by atoms with Gasteiger partial charge in [0, 0.05) is 45.7 Å². The number of hydrogen-bond acceptors (Lipinski definition) is 3. The Hall–Kier alpha value is -1.52. The molecule has 0 saturated carbocycles. The van der Waals surface area contributed by atoms with E-state index in [1.54, 1.807) is 0 Å². The number of allylic oxidation sites excluding steroid dienone is 1. The zero-order valence-electron chi connectivity index (χ0n) is 12.2. The van der Waals surface area contributed by atoms with Gasteiger partial charge in [0.1, 0.15) is 5.84 Å². The molecule has 2 heterocycles. The quantitative estimate of drug-likeness (QED) is 0.329. The largest absolute Gasteiger partial charge is 0.354 e. The van der Waals surface area contributed by atoms with E-state index in [1.165, 1.54) is 0 Å². The number of rotatable bonds is 4. The number of amides is 1. The summed E-state index contributed by atoms with van der Waals surface area (Å²) >= 11 is 0. The van der Waals surface area contributed by atoms with Crippen molar-refractivity contribution in [2.45, 2.75) is 19.8 Å². The number of nitrogens with zero attached hydrogens (tertiary/aromatic N) is 4. The average Bonchev–Trinajstić information content (AvgIpc) is 2.77. The van der Waals surface area contributed by atoms with Gasteiger partial charge in [0.25, 0.3) is 0 Å². The molecule has 0 aromatic heterocycles. The molecule has 0 radical (unpaired) electrons. The summed E-state index contributed by atoms with van der Waals surface area (Å²) in [6.45, 7) is 5.98. The van der Waals surface area contributed by atoms with E-state index >= 15 is 0 Å². The van der Waals surface area contributed by atoms with Gasteiger partial charge in [-0.3, -0.25) is 4.79 Å². The SMILES string of the molecule is CC/C=C\C(=N/N(C)C)N1CCC2(CN(C=O)C2)C1. The lowest BCUT2D eigenvalue weighted by molar-refractivity contribution is -0.128. The zero-order chi connectivity index (χ0) is 13.9. The molecule has 2 saturated heterocycles. The molecule has 0 aromatic carbocycles. The highest BCUT2D eigenvalue weighted by molar-refractivity contribution is 5.93. The molecule has 0 aromatic rings. The Morgan fingerprint density at radius 2 is 2.11 bits per heavy atom. The Bertz CT molecular complexity index is 383. The van der Waals surface area contributed by atoms with Gasteiger partial charge in [0.05, 0.1) is 0 Å². The summed E-state index contributed by atoms with van der Waals surface area (Å²) in [6.07, 6.45) is 7.38. The molecule has 106 valence electrons. The van der Waals surface area contributed by atoms with E-state index in [4.69, 9.17) is 0 Å². The maximum Gasteiger partial charge on any atom is 0.209 e. The molecular weight excluding hydrogens is 240 g/mol. The summed E-state index contributed by atoms with van der Waals surface area (Å²) in [4.78, 5) is 14.9. The molecule has 1 amide bonds. The van der Waals surface area contributed by atoms with Crippen molar-refractivity contribution >= 4 is 12.2 Å². The second-order valence-electron chi connectivity index (χ2n) is 5.80. The van der Waals surface area contributed by atoms with Crippen molar-refractivity contribution in [1.82, 2.24) is 14.8 Å². The minimum Gasteiger partial charge on any atom is -0.354 e. The van der Waals surface area contributed by atoms with Crippen LogP contribution in [-0.2, 0) is 4.79 Å². The standard InChI is InChI=1S/C14H24N4O/c1-4-5-6-13(15-16(2)3)18-8-7-14(11-18)9-17(10-14)12-19/h5-6,12H,4,7-11H2,1-3H3/b6-5-,15-13+. The van der Waals surface area contributed by atoms with Crippen molar-refractivity contribution in [2.24, 2.45) is 10.5 Å². The Labute approximate surface area is 115 Å². The van der Waals surface area contributed by atoms with Crippen LogP contribution < -0.4 is 0 Å². The van der Waals surface area contributed by atoms with Gasteiger partial charge in [-0.25, -0.2) is 0 Å². The lowest BCUT2D eigenvalue weighted by atomic mass is 9.79. The van der Waals surface area contributed by atoms with Crippen LogP contribution in [0.25, 0.3) is 0 Å². The second-order valence-corrected chi connectivity index (χ2v) is 5.80. The number of carbonyl (C=O) groups is 1. The van der Waals surface area contributed by atoms with E-state index in [9.17, 15) is 4.79 Å². The highest BCUT2D eigenvalue weighted by atomic mass is 16.1. The molecule has 0 N–H and O–H groups in total. The van der Waals surface area contributed by atoms with Crippen LogP contribution in [0.5, 0.6) is 0 Å². The normalized spacial score (nSPS) is 22.2. The Morgan fingerprint density at radius 3 is 2.68 bits per heavy atom. The first-order chi connectivity index (χ1) is 9.08. The predicted molar refractivity (Wildman–Crippen MR) is 76.8 cm³/mol. The molecule has 0 unspecified atom stereocenters. The minimum atomic E-state index is 0.314. The first-order valence-electron chi connectivity index (χ1n) is 6.95. The molecule has 1 spiro atoms. The summed E-state index contributed by atoms with van der Waals surface area (Å²) in [6, 6.07) is 0. The van der Waals surface area contributed by atoms with Crippen LogP contribution in [0.1, 0.15) is 19.8 Å². The van der Waals surface area contributed by atoms with Gasteiger partial charge in [-0.1, -0.05) is 13.0 Å². The summed E-state index contributed by atoms with van der Waals surface area (Å²) in [5.41, 5.74) is 0.314. The van der Waals surface area contributed by atoms with Gasteiger partial charge in [0.15, 0.2) is 0 Å². The number of amidine groups is 1. The number of likely N-dealkylation sites (tertiary alicyclic amines) is 2. The highest BCUT2D eigenvalue weighted by Gasteiger charge is 2.47. The van der Waals surface area contributed by atoms with Gasteiger partial charge in [-0.15, -0.1) is 0 Å². The fraction of sp³-hybridized carbons (Fsp3) is 0.714. The van der Waals surface area contributed by atoms with Crippen LogP contribution >= 0.6 is 0 Å². The van der Waals surface area contributed by atoms with Gasteiger partial charge in [-0.2, -0.15) is 5.10 Å². The lowest BCUT2D eigenvalue weighted by Gasteiger charge is -2.46. The fourth-order valence-electron chi connectivity index (χ4n) is 2.91. The van der Waals surface area contributed by atoms with E-state index < -0.39 is 0 Å². The third kappa shape index (κ3) is 3.08. The predicted octanol–water partition coefficient (Wildman–Crippen LogP) is 0.992. The van der Waals surface area contributed by atoms with Crippen LogP contribution in [0.3, 0.4) is 0 Å². The smallest absolute Gasteiger partial charge is 0.209 e. The van der Waals surface area contributed by atoms with E-state index in [0.29, 0.717) is 5.41 Å². The number of carbonyl (C=O) groups excluding carboxylic acids is 1. The maximum atomic E-state index is 10.7. The molecule has 5 nitrogen and oxygen atoms in total. The van der Waals surface area contributed by atoms with Crippen LogP contribution in [0.2, 0.25) is 0 Å². The molecule has 0 aliphatic carbocycles. The molecule has 5 heteroatoms. The summed E-state index contributed by atoms with van der Waals surface area (Å²) in [5, 5.41) is 6.41. The molecule has 2 aliphatic heterocycles. The molecule has 0 atom stereocenters. The third-order valence-electron chi connectivity index (χ3n) is 3.79. The van der Waals surface area contributed by atoms with Crippen molar-refractivity contribution < 1.29 is 4.79 Å². The van der Waals surface area contributed by atoms with E-state index in [-0.39, 0.29) is 0 Å². The third-order valence-corrected chi connectivity index (χ3v) is 3.79. The zero-order valence-corrected chi connectivity index (χ0v) is 12.2. The fourth-order valence-corrected chi connectivity index (χ4v) is 2.91. The maximum absolute atomic E-state index is 10.7. The Morgan fingerprint density at radius 1 is 1.37 bits per heavy atom. The van der Waals surface area contributed by atoms with Crippen LogP contribution in [0.4, 0.5) is 0 Å². The Balaban J connectivity index is 2.01. The average molecular weight is 264 g/mol. The van der Waals surface area contributed by atoms with E-state index in [2.05, 4.69) is 29.1 Å². The summed E-state index contributed by atoms with van der Waals surface area (Å²) in [7, 11) is 3.90. The monoisotopic (exact) mass is 264 g/mol. The van der Waals surface area contributed by atoms with E-state index in [0.717, 1.165) is 51.3 Å². The molecule has 0 bridgehead atoms. The molecular formula is C14H24N4O. The molecule has 2 aliphatic rings. The number of hydrazone groups is 1. The number of hydrogen-bond donors (Lipinski definition) is 0. The topological polar surface area (TPSA) is 39.1 Å². The first kappa shape index (κ1) is 13.9.